The van der Waals surface area contributed by atoms with Gasteiger partial charge in [-0.3, -0.25) is 0 Å². The van der Waals surface area contributed by atoms with E-state index in [4.69, 9.17) is 4.74 Å². The third-order valence-corrected chi connectivity index (χ3v) is 3.94. The number of carbonyl (C=O) groups excluding carboxylic acids is 2. The molecule has 2 saturated carbocycles. The van der Waals surface area contributed by atoms with Crippen molar-refractivity contribution in [2.24, 2.45) is 17.3 Å². The first kappa shape index (κ1) is 12.1. The van der Waals surface area contributed by atoms with Crippen molar-refractivity contribution in [3.05, 3.63) is 12.2 Å². The van der Waals surface area contributed by atoms with Crippen LogP contribution < -0.4 is 5.11 Å². The van der Waals surface area contributed by atoms with E-state index in [9.17, 15) is 14.7 Å². The van der Waals surface area contributed by atoms with E-state index < -0.39 is 11.9 Å². The zero-order valence-electron chi connectivity index (χ0n) is 10.1. The standard InChI is InChI=1S/C13H18O4/c1-13(2)9(11(13)12(15)16)6-7-10(14)17-8-4-3-5-8/h6-9,11H,3-5H2,1-2H3,(H,15,16)/p-1. The molecule has 94 valence electrons. The summed E-state index contributed by atoms with van der Waals surface area (Å²) in [5.74, 6) is -2.02. The van der Waals surface area contributed by atoms with Crippen molar-refractivity contribution in [3.8, 4) is 0 Å². The highest BCUT2D eigenvalue weighted by atomic mass is 16.5. The second-order valence-electron chi connectivity index (χ2n) is 5.49. The number of aliphatic carboxylic acids is 1. The summed E-state index contributed by atoms with van der Waals surface area (Å²) in [4.78, 5) is 22.2. The Kier molecular flexibility index (Phi) is 2.98. The quantitative estimate of drug-likeness (QED) is 0.532. The van der Waals surface area contributed by atoms with Crippen molar-refractivity contribution in [3.63, 3.8) is 0 Å². The smallest absolute Gasteiger partial charge is 0.330 e. The predicted octanol–water partition coefficient (Wildman–Crippen LogP) is 0.660. The zero-order chi connectivity index (χ0) is 12.6. The van der Waals surface area contributed by atoms with Crippen LogP contribution in [0.5, 0.6) is 0 Å². The first-order valence-corrected chi connectivity index (χ1v) is 6.02. The normalized spacial score (nSPS) is 30.9. The van der Waals surface area contributed by atoms with Gasteiger partial charge in [0.25, 0.3) is 0 Å². The summed E-state index contributed by atoms with van der Waals surface area (Å²) in [5.41, 5.74) is -0.313. The molecule has 0 aromatic rings. The molecule has 0 aromatic carbocycles. The zero-order valence-corrected chi connectivity index (χ0v) is 10.1. The van der Waals surface area contributed by atoms with Gasteiger partial charge in [-0.15, -0.1) is 0 Å². The number of ether oxygens (including phenoxy) is 1. The molecule has 2 aliphatic carbocycles. The van der Waals surface area contributed by atoms with Crippen LogP contribution in [0.25, 0.3) is 0 Å². The van der Waals surface area contributed by atoms with Crippen LogP contribution in [0.4, 0.5) is 0 Å². The van der Waals surface area contributed by atoms with Gasteiger partial charge in [-0.2, -0.15) is 0 Å². The topological polar surface area (TPSA) is 66.4 Å². The molecule has 4 heteroatoms. The Hall–Kier alpha value is -1.32. The Balaban J connectivity index is 1.84. The van der Waals surface area contributed by atoms with Crippen LogP contribution in [-0.4, -0.2) is 18.0 Å². The Morgan fingerprint density at radius 1 is 1.35 bits per heavy atom. The molecule has 0 bridgehead atoms. The van der Waals surface area contributed by atoms with Gasteiger partial charge in [0.15, 0.2) is 0 Å². The first-order chi connectivity index (χ1) is 7.93. The molecular formula is C13H17O4-. The lowest BCUT2D eigenvalue weighted by Crippen LogP contribution is -2.26. The second kappa shape index (κ2) is 4.17. The minimum atomic E-state index is -1.04. The highest BCUT2D eigenvalue weighted by Crippen LogP contribution is 2.58. The van der Waals surface area contributed by atoms with E-state index >= 15 is 0 Å². The number of hydrogen-bond acceptors (Lipinski definition) is 4. The van der Waals surface area contributed by atoms with Crippen LogP contribution in [0.15, 0.2) is 12.2 Å². The SMILES string of the molecule is CC1(C)C(C=CC(=O)OC2CCC2)C1C(=O)[O-]. The van der Waals surface area contributed by atoms with Gasteiger partial charge in [0.1, 0.15) is 6.10 Å². The van der Waals surface area contributed by atoms with Crippen molar-refractivity contribution in [1.82, 2.24) is 0 Å². The Morgan fingerprint density at radius 3 is 2.41 bits per heavy atom. The molecule has 0 aliphatic heterocycles. The third-order valence-electron chi connectivity index (χ3n) is 3.94. The van der Waals surface area contributed by atoms with Gasteiger partial charge in [-0.25, -0.2) is 4.79 Å². The summed E-state index contributed by atoms with van der Waals surface area (Å²) < 4.78 is 5.14. The van der Waals surface area contributed by atoms with Crippen molar-refractivity contribution >= 4 is 11.9 Å². The molecule has 0 amide bonds. The first-order valence-electron chi connectivity index (χ1n) is 6.02. The van der Waals surface area contributed by atoms with Crippen molar-refractivity contribution in [2.45, 2.75) is 39.2 Å². The molecule has 2 aliphatic rings. The van der Waals surface area contributed by atoms with Crippen LogP contribution in [0.3, 0.4) is 0 Å². The summed E-state index contributed by atoms with van der Waals surface area (Å²) in [5, 5.41) is 10.8. The molecule has 4 nitrogen and oxygen atoms in total. The highest BCUT2D eigenvalue weighted by Gasteiger charge is 2.56. The summed E-state index contributed by atoms with van der Waals surface area (Å²) >= 11 is 0. The lowest BCUT2D eigenvalue weighted by molar-refractivity contribution is -0.309. The minimum absolute atomic E-state index is 0.0660. The fraction of sp³-hybridized carbons (Fsp3) is 0.692. The number of esters is 1. The average molecular weight is 237 g/mol. The van der Waals surface area contributed by atoms with E-state index in [2.05, 4.69) is 0 Å². The summed E-state index contributed by atoms with van der Waals surface area (Å²) in [7, 11) is 0. The molecule has 17 heavy (non-hydrogen) atoms. The maximum absolute atomic E-state index is 11.4. The molecule has 0 radical (unpaired) electrons. The van der Waals surface area contributed by atoms with Crippen LogP contribution in [0.1, 0.15) is 33.1 Å². The summed E-state index contributed by atoms with van der Waals surface area (Å²) in [6, 6.07) is 0. The van der Waals surface area contributed by atoms with Crippen LogP contribution >= 0.6 is 0 Å². The number of carboxylic acid groups (broad SMARTS) is 1. The second-order valence-corrected chi connectivity index (χ2v) is 5.49. The Labute approximate surface area is 101 Å². The molecule has 2 unspecified atom stereocenters. The fourth-order valence-electron chi connectivity index (χ4n) is 2.36. The minimum Gasteiger partial charge on any atom is -0.550 e. The number of carbonyl (C=O) groups is 2. The largest absolute Gasteiger partial charge is 0.550 e. The molecule has 0 aromatic heterocycles. The van der Waals surface area contributed by atoms with Crippen LogP contribution in [-0.2, 0) is 14.3 Å². The van der Waals surface area contributed by atoms with E-state index in [1.807, 2.05) is 13.8 Å². The lowest BCUT2D eigenvalue weighted by atomic mass is 9.96. The van der Waals surface area contributed by atoms with E-state index in [1.54, 1.807) is 6.08 Å². The molecule has 0 heterocycles. The molecule has 0 spiro atoms. The number of allylic oxidation sites excluding steroid dienone is 1. The summed E-state index contributed by atoms with van der Waals surface area (Å²) in [6.45, 7) is 3.72. The highest BCUT2D eigenvalue weighted by molar-refractivity contribution is 5.83. The maximum atomic E-state index is 11.4. The van der Waals surface area contributed by atoms with E-state index in [-0.39, 0.29) is 23.4 Å². The molecule has 2 rings (SSSR count). The van der Waals surface area contributed by atoms with Gasteiger partial charge in [0.2, 0.25) is 0 Å². The van der Waals surface area contributed by atoms with Crippen LogP contribution in [0.2, 0.25) is 0 Å². The third kappa shape index (κ3) is 2.35. The summed E-state index contributed by atoms with van der Waals surface area (Å²) in [6.07, 6.45) is 6.06. The molecule has 0 N–H and O–H groups in total. The van der Waals surface area contributed by atoms with Crippen molar-refractivity contribution in [2.75, 3.05) is 0 Å². The van der Waals surface area contributed by atoms with Gasteiger partial charge >= 0.3 is 5.97 Å². The molecule has 0 saturated heterocycles. The van der Waals surface area contributed by atoms with Gasteiger partial charge in [0, 0.05) is 18.0 Å². The van der Waals surface area contributed by atoms with E-state index in [0.29, 0.717) is 0 Å². The van der Waals surface area contributed by atoms with Gasteiger partial charge in [-0.05, 0) is 30.6 Å². The van der Waals surface area contributed by atoms with Crippen molar-refractivity contribution in [1.29, 1.82) is 0 Å². The monoisotopic (exact) mass is 237 g/mol. The number of carboxylic acids is 1. The van der Waals surface area contributed by atoms with Gasteiger partial charge < -0.3 is 14.6 Å². The lowest BCUT2D eigenvalue weighted by Gasteiger charge is -2.24. The Bertz CT molecular complexity index is 366. The average Bonchev–Trinajstić information content (AvgIpc) is 2.71. The van der Waals surface area contributed by atoms with Gasteiger partial charge in [-0.1, -0.05) is 19.9 Å². The predicted molar refractivity (Wildman–Crippen MR) is 58.6 cm³/mol. The van der Waals surface area contributed by atoms with E-state index in [1.165, 1.54) is 6.08 Å². The molecule has 2 atom stereocenters. The fourth-order valence-corrected chi connectivity index (χ4v) is 2.36. The molecular weight excluding hydrogens is 220 g/mol. The number of hydrogen-bond donors (Lipinski definition) is 0. The van der Waals surface area contributed by atoms with Gasteiger partial charge in [0.05, 0.1) is 0 Å². The van der Waals surface area contributed by atoms with Crippen LogP contribution in [0, 0.1) is 17.3 Å². The molecule has 2 fully saturated rings. The van der Waals surface area contributed by atoms with Crippen molar-refractivity contribution < 1.29 is 19.4 Å². The Morgan fingerprint density at radius 2 is 2.00 bits per heavy atom. The number of rotatable bonds is 4. The maximum Gasteiger partial charge on any atom is 0.330 e. The van der Waals surface area contributed by atoms with E-state index in [0.717, 1.165) is 19.3 Å².